The number of anilines is 2. The van der Waals surface area contributed by atoms with Crippen molar-refractivity contribution in [3.05, 3.63) is 108 Å². The largest absolute Gasteiger partial charge is 0.487 e. The summed E-state index contributed by atoms with van der Waals surface area (Å²) in [6, 6.07) is 13.6. The number of aromatic nitrogens is 8. The van der Waals surface area contributed by atoms with Gasteiger partial charge in [0.2, 0.25) is 5.91 Å². The lowest BCUT2D eigenvalue weighted by atomic mass is 9.94. The van der Waals surface area contributed by atoms with Crippen molar-refractivity contribution in [1.29, 1.82) is 0 Å². The van der Waals surface area contributed by atoms with Crippen LogP contribution in [0.25, 0.3) is 65.9 Å². The molecule has 4 aromatic heterocycles. The van der Waals surface area contributed by atoms with Gasteiger partial charge in [0.05, 0.1) is 45.7 Å². The molecule has 8 aromatic rings. The molecule has 94 heavy (non-hydrogen) atoms. The number of amides is 1. The van der Waals surface area contributed by atoms with Gasteiger partial charge in [-0.3, -0.25) is 15.0 Å². The van der Waals surface area contributed by atoms with Gasteiger partial charge in [0, 0.05) is 107 Å². The molecule has 0 bridgehead atoms. The highest BCUT2D eigenvalue weighted by atomic mass is 35.5. The highest BCUT2D eigenvalue weighted by Gasteiger charge is 2.36. The van der Waals surface area contributed by atoms with Gasteiger partial charge in [-0.1, -0.05) is 62.0 Å². The molecule has 4 aromatic carbocycles. The molecule has 496 valence electrons. The lowest BCUT2D eigenvalue weighted by Crippen LogP contribution is -2.54. The second-order valence-electron chi connectivity index (χ2n) is 25.4. The Hall–Kier alpha value is -8.02. The summed E-state index contributed by atoms with van der Waals surface area (Å²) in [4.78, 5) is 64.1. The number of piperazine rings is 1. The number of carbonyl (C=O) groups is 3. The standard InChI is InChI=1S/C33H38ClN7O3.C31H37ClN6O2.C6H6O3.H2S/c1-5-27(42)41-14-13-40(17-20(41)3)32-23-15-25(34)29(28-19(2)8-11-26-24(28)16-35-38-26)31(44-22-9-10-22)30(23)36-33(37-32)43-18-21-7-6-12-39(21)4;1-18-6-4-13-38(16-18)30-22-14-24(32)27(26-19(2)8-11-25-23(26)15-33-36-25)29(40-21-9-10-21)28(22)34-31(35-30)39-17-20-7-5-12-37(20)3;1-3-5(7)9-6(8)4-2;/h5,8,11,15-16,20-22H,1,6-7,9-10,12-14,17-18H2,2-4H3,(H,35,38);8,11,14-15,18,20-21H,4-7,9-10,12-13,16-17H2,1-3H3,(H,33,36);3-4H,1-2H2;1H2/t20-,21-;18-,20+;;/m01../s1. The number of ether oxygens (including phenoxy) is 5. The second kappa shape index (κ2) is 29.3. The van der Waals surface area contributed by atoms with Gasteiger partial charge in [-0.15, -0.1) is 0 Å². The highest BCUT2D eigenvalue weighted by molar-refractivity contribution is 7.59. The zero-order chi connectivity index (χ0) is 65.2. The van der Waals surface area contributed by atoms with Gasteiger partial charge >= 0.3 is 24.0 Å². The lowest BCUT2D eigenvalue weighted by Gasteiger charge is -2.40. The van der Waals surface area contributed by atoms with Crippen LogP contribution in [-0.4, -0.2) is 176 Å². The molecule has 6 aliphatic rings. The smallest absolute Gasteiger partial charge is 0.338 e. The number of aromatic amines is 2. The van der Waals surface area contributed by atoms with Crippen molar-refractivity contribution >= 4 is 110 Å². The first-order valence-electron chi connectivity index (χ1n) is 32.4. The Morgan fingerprint density at radius 3 is 1.47 bits per heavy atom. The number of piperidine rings is 1. The number of nitrogens with zero attached hydrogens (tertiary/aromatic N) is 11. The summed E-state index contributed by atoms with van der Waals surface area (Å²) in [5.41, 5.74) is 9.16. The van der Waals surface area contributed by atoms with Crippen molar-refractivity contribution in [2.45, 2.75) is 122 Å². The Labute approximate surface area is 564 Å². The Balaban J connectivity index is 0.000000169. The summed E-state index contributed by atoms with van der Waals surface area (Å²) in [7, 11) is 4.30. The zero-order valence-corrected chi connectivity index (χ0v) is 56.8. The van der Waals surface area contributed by atoms with Gasteiger partial charge in [-0.2, -0.15) is 43.6 Å². The highest BCUT2D eigenvalue weighted by Crippen LogP contribution is 2.51. The minimum atomic E-state index is -0.764. The molecule has 21 nitrogen and oxygen atoms in total. The molecule has 4 aliphatic heterocycles. The molecule has 6 fully saturated rings. The summed E-state index contributed by atoms with van der Waals surface area (Å²) in [6.45, 7) is 25.3. The number of carbonyl (C=O) groups excluding carboxylic acids is 3. The van der Waals surface area contributed by atoms with Crippen molar-refractivity contribution < 1.29 is 38.1 Å². The second-order valence-corrected chi connectivity index (χ2v) is 26.3. The molecule has 4 saturated heterocycles. The van der Waals surface area contributed by atoms with E-state index in [0.29, 0.717) is 84.2 Å². The number of esters is 2. The summed E-state index contributed by atoms with van der Waals surface area (Å²) < 4.78 is 30.2. The minimum Gasteiger partial charge on any atom is -0.487 e. The van der Waals surface area contributed by atoms with E-state index in [2.05, 4.69) is 118 Å². The number of nitrogens with one attached hydrogen (secondary N) is 2. The van der Waals surface area contributed by atoms with Crippen LogP contribution in [0.4, 0.5) is 11.6 Å². The Bertz CT molecular complexity index is 4160. The number of hydrogen-bond acceptors (Lipinski definition) is 18. The number of likely N-dealkylation sites (tertiary alicyclic amines) is 2. The predicted octanol–water partition coefficient (Wildman–Crippen LogP) is 12.3. The fourth-order valence-electron chi connectivity index (χ4n) is 13.1. The maximum absolute atomic E-state index is 12.5. The molecule has 14 rings (SSSR count). The van der Waals surface area contributed by atoms with Gasteiger partial charge in [0.1, 0.15) is 35.9 Å². The van der Waals surface area contributed by atoms with E-state index >= 15 is 0 Å². The van der Waals surface area contributed by atoms with Crippen LogP contribution in [0.1, 0.15) is 89.2 Å². The van der Waals surface area contributed by atoms with E-state index in [1.165, 1.54) is 18.9 Å². The van der Waals surface area contributed by atoms with Gasteiger partial charge in [0.25, 0.3) is 0 Å². The van der Waals surface area contributed by atoms with Gasteiger partial charge in [0.15, 0.2) is 11.5 Å². The van der Waals surface area contributed by atoms with Crippen LogP contribution in [0.2, 0.25) is 10.0 Å². The topological polar surface area (TPSA) is 222 Å². The van der Waals surface area contributed by atoms with Gasteiger partial charge in [-0.05, 0) is 160 Å². The molecule has 8 heterocycles. The molecule has 0 unspecified atom stereocenters. The SMILES string of the molecule is C=CC(=O)N1CCN(c2nc(OC[C@@H]3CCCN3C)nc3c(OC4CC4)c(-c4c(C)ccc5[nH]ncc45)c(Cl)cc23)C[C@@H]1C.C=CC(=O)OC(=O)C=C.Cc1ccc2[nH]ncc2c1-c1c(Cl)cc2c(N3CCC[C@@H](C)C3)nc(OC[C@@H]3CCCN3C)nc2c1OC1CC1.S. The molecule has 4 atom stereocenters. The molecule has 2 N–H and O–H groups in total. The van der Waals surface area contributed by atoms with E-state index in [4.69, 9.17) is 62.1 Å². The number of rotatable bonds is 17. The van der Waals surface area contributed by atoms with Crippen LogP contribution in [0.5, 0.6) is 23.5 Å². The number of aryl methyl sites for hydroxylation is 2. The summed E-state index contributed by atoms with van der Waals surface area (Å²) in [5.74, 6) is 1.98. The van der Waals surface area contributed by atoms with E-state index in [0.717, 1.165) is 179 Å². The number of benzene rings is 4. The van der Waals surface area contributed by atoms with Crippen molar-refractivity contribution in [1.82, 2.24) is 55.0 Å². The first-order chi connectivity index (χ1) is 45.0. The molecule has 0 spiro atoms. The molecule has 2 saturated carbocycles. The molecular weight excluding hydrogens is 1250 g/mol. The van der Waals surface area contributed by atoms with E-state index in [1.807, 2.05) is 42.4 Å². The zero-order valence-electron chi connectivity index (χ0n) is 54.3. The molecular formula is C70H83Cl2N13O8S. The van der Waals surface area contributed by atoms with E-state index in [-0.39, 0.29) is 37.7 Å². The molecule has 1 amide bonds. The quantitative estimate of drug-likeness (QED) is 0.0491. The fourth-order valence-corrected chi connectivity index (χ4v) is 13.7. The maximum atomic E-state index is 12.5. The van der Waals surface area contributed by atoms with Gasteiger partial charge < -0.3 is 48.2 Å². The monoisotopic (exact) mass is 1340 g/mol. The third-order valence-electron chi connectivity index (χ3n) is 18.5. The number of fused-ring (bicyclic) bond motifs is 4. The number of H-pyrrole nitrogens is 2. The van der Waals surface area contributed by atoms with E-state index < -0.39 is 11.9 Å². The minimum absolute atomic E-state index is 0. The number of likely N-dealkylation sites (N-methyl/N-ethyl adjacent to an activating group) is 2. The summed E-state index contributed by atoms with van der Waals surface area (Å²) in [5, 5.41) is 19.7. The van der Waals surface area contributed by atoms with Gasteiger partial charge in [-0.25, -0.2) is 9.59 Å². The maximum Gasteiger partial charge on any atom is 0.338 e. The first kappa shape index (κ1) is 67.4. The van der Waals surface area contributed by atoms with E-state index in [9.17, 15) is 14.4 Å². The average Bonchev–Trinajstić information content (AvgIpc) is 0.816. The van der Waals surface area contributed by atoms with Crippen molar-refractivity contribution in [3.8, 4) is 45.8 Å². The van der Waals surface area contributed by atoms with E-state index in [1.54, 1.807) is 0 Å². The van der Waals surface area contributed by atoms with Crippen LogP contribution < -0.4 is 28.7 Å². The number of halogens is 2. The summed E-state index contributed by atoms with van der Waals surface area (Å²) >= 11 is 14.4. The molecule has 24 heteroatoms. The molecule has 2 aliphatic carbocycles. The van der Waals surface area contributed by atoms with Crippen LogP contribution >= 0.6 is 36.7 Å². The summed E-state index contributed by atoms with van der Waals surface area (Å²) in [6.07, 6.45) is 18.1. The van der Waals surface area contributed by atoms with Crippen molar-refractivity contribution in [2.24, 2.45) is 5.92 Å². The lowest BCUT2D eigenvalue weighted by molar-refractivity contribution is -0.152. The third kappa shape index (κ3) is 14.6. The Morgan fingerprint density at radius 2 is 1.05 bits per heavy atom. The van der Waals surface area contributed by atoms with Crippen molar-refractivity contribution in [2.75, 3.05) is 82.9 Å². The Morgan fingerprint density at radius 1 is 0.585 bits per heavy atom. The predicted molar refractivity (Wildman–Crippen MR) is 374 cm³/mol. The van der Waals surface area contributed by atoms with Crippen molar-refractivity contribution in [3.63, 3.8) is 0 Å². The van der Waals surface area contributed by atoms with Crippen LogP contribution in [0, 0.1) is 19.8 Å². The van der Waals surface area contributed by atoms with Crippen LogP contribution in [0.3, 0.4) is 0 Å². The Kier molecular flexibility index (Phi) is 21.0. The normalized spacial score (nSPS) is 19.9. The van der Waals surface area contributed by atoms with Crippen LogP contribution in [0.15, 0.2) is 86.8 Å². The first-order valence-corrected chi connectivity index (χ1v) is 33.1. The fraction of sp³-hybridized carbons (Fsp3) is 0.443. The third-order valence-corrected chi connectivity index (χ3v) is 19.1. The van der Waals surface area contributed by atoms with Crippen LogP contribution in [-0.2, 0) is 19.1 Å². The average molecular weight is 1340 g/mol. The molecule has 0 radical (unpaired) electrons. The number of hydrogen-bond donors (Lipinski definition) is 2.